The summed E-state index contributed by atoms with van der Waals surface area (Å²) in [5, 5.41) is 39.0. The van der Waals surface area contributed by atoms with E-state index in [1.54, 1.807) is 0 Å². The number of nitrogens with zero attached hydrogens (tertiary/aromatic N) is 1. The van der Waals surface area contributed by atoms with Crippen molar-refractivity contribution >= 4 is 70.5 Å². The minimum atomic E-state index is -1.52. The molecule has 1 aromatic rings. The minimum absolute atomic E-state index is 0.0240. The number of fused-ring (bicyclic) bond motifs is 14. The fourth-order valence-corrected chi connectivity index (χ4v) is 7.92. The maximum atomic E-state index is 13.8. The fraction of sp³-hybridized carbons (Fsp3) is 0.467. The molecule has 258 valence electrons. The first kappa shape index (κ1) is 36.4. The molecule has 3 heterocycles. The average Bonchev–Trinajstić information content (AvgIpc) is 3.25. The van der Waals surface area contributed by atoms with E-state index in [9.17, 15) is 48.9 Å². The van der Waals surface area contributed by atoms with Gasteiger partial charge in [0.05, 0.1) is 22.6 Å². The summed E-state index contributed by atoms with van der Waals surface area (Å²) >= 11 is 2.06. The van der Waals surface area contributed by atoms with Crippen LogP contribution in [0, 0.1) is 5.41 Å². The van der Waals surface area contributed by atoms with Gasteiger partial charge in [-0.3, -0.25) is 38.6 Å². The van der Waals surface area contributed by atoms with Crippen LogP contribution in [0.25, 0.3) is 0 Å². The van der Waals surface area contributed by atoms with Crippen LogP contribution in [-0.4, -0.2) is 111 Å². The molecular weight excluding hydrogens is 668 g/mol. The lowest BCUT2D eigenvalue weighted by Crippen LogP contribution is -2.59. The van der Waals surface area contributed by atoms with Crippen LogP contribution in [0.5, 0.6) is 5.75 Å². The number of Topliss-reactive ketones (excluding diaryl/α,β-unsaturated/α-hetero) is 1. The van der Waals surface area contributed by atoms with Crippen molar-refractivity contribution in [3.63, 3.8) is 0 Å². The first-order chi connectivity index (χ1) is 22.6. The van der Waals surface area contributed by atoms with E-state index in [2.05, 4.69) is 26.3 Å². The number of thioether (sulfide) groups is 2. The van der Waals surface area contributed by atoms with E-state index >= 15 is 0 Å². The van der Waals surface area contributed by atoms with Gasteiger partial charge in [-0.1, -0.05) is 12.1 Å². The highest BCUT2D eigenvalue weighted by molar-refractivity contribution is 8.08. The predicted molar refractivity (Wildman–Crippen MR) is 175 cm³/mol. The zero-order valence-corrected chi connectivity index (χ0v) is 27.6. The topological polar surface area (TPSA) is 267 Å². The number of nitrogens with two attached hydrogens (primary N) is 1. The molecule has 16 nitrogen and oxygen atoms in total. The van der Waals surface area contributed by atoms with E-state index in [1.165, 1.54) is 38.1 Å². The molecule has 9 N–H and O–H groups in total. The second-order valence-corrected chi connectivity index (χ2v) is 13.8. The largest absolute Gasteiger partial charge is 0.508 e. The summed E-state index contributed by atoms with van der Waals surface area (Å²) in [7, 11) is 0. The summed E-state index contributed by atoms with van der Waals surface area (Å²) in [6, 6.07) is -0.700. The number of aliphatic carboxylic acids is 1. The lowest BCUT2D eigenvalue weighted by Gasteiger charge is -2.29. The van der Waals surface area contributed by atoms with E-state index in [4.69, 9.17) is 5.73 Å². The van der Waals surface area contributed by atoms with Crippen molar-refractivity contribution in [2.45, 2.75) is 63.3 Å². The highest BCUT2D eigenvalue weighted by atomic mass is 32.2. The quantitative estimate of drug-likeness (QED) is 0.148. The maximum absolute atomic E-state index is 13.8. The molecule has 5 amide bonds. The van der Waals surface area contributed by atoms with Crippen molar-refractivity contribution < 1.29 is 48.9 Å². The van der Waals surface area contributed by atoms with Gasteiger partial charge in [0, 0.05) is 29.3 Å². The number of phenols is 1. The van der Waals surface area contributed by atoms with Gasteiger partial charge < -0.3 is 42.3 Å². The third kappa shape index (κ3) is 8.16. The van der Waals surface area contributed by atoms with E-state index in [-0.39, 0.29) is 47.1 Å². The number of aliphatic imine (C=N–C) groups is 1. The van der Waals surface area contributed by atoms with E-state index in [0.29, 0.717) is 10.5 Å². The van der Waals surface area contributed by atoms with Crippen LogP contribution in [0.4, 0.5) is 0 Å². The average molecular weight is 705 g/mol. The summed E-state index contributed by atoms with van der Waals surface area (Å²) in [5.41, 5.74) is 4.86. The molecule has 0 aromatic heterocycles. The number of carbonyl (C=O) groups is 7. The lowest BCUT2D eigenvalue weighted by molar-refractivity contribution is -0.137. The smallest absolute Gasteiger partial charge is 0.303 e. The molecule has 1 aliphatic carbocycles. The first-order valence-electron chi connectivity index (χ1n) is 14.9. The van der Waals surface area contributed by atoms with Crippen LogP contribution < -0.4 is 27.0 Å². The molecule has 3 aliphatic heterocycles. The third-order valence-corrected chi connectivity index (χ3v) is 10.6. The van der Waals surface area contributed by atoms with Crippen LogP contribution >= 0.6 is 23.5 Å². The second-order valence-electron chi connectivity index (χ2n) is 11.7. The molecule has 4 aliphatic rings. The Morgan fingerprint density at radius 2 is 1.54 bits per heavy atom. The fourth-order valence-electron chi connectivity index (χ4n) is 5.21. The minimum Gasteiger partial charge on any atom is -0.508 e. The van der Waals surface area contributed by atoms with Crippen LogP contribution in [0.1, 0.15) is 32.3 Å². The van der Waals surface area contributed by atoms with Crippen LogP contribution in [0.3, 0.4) is 0 Å². The van der Waals surface area contributed by atoms with Gasteiger partial charge in [0.2, 0.25) is 29.5 Å². The van der Waals surface area contributed by atoms with Gasteiger partial charge in [-0.05, 0) is 38.0 Å². The van der Waals surface area contributed by atoms with Crippen LogP contribution in [-0.2, 0) is 40.0 Å². The first-order valence-corrected chi connectivity index (χ1v) is 16.9. The molecule has 4 bridgehead atoms. The third-order valence-electron chi connectivity index (χ3n) is 8.09. The van der Waals surface area contributed by atoms with Gasteiger partial charge in [0.25, 0.3) is 0 Å². The number of hydrogen-bond donors (Lipinski definition) is 8. The van der Waals surface area contributed by atoms with Gasteiger partial charge >= 0.3 is 5.97 Å². The zero-order chi connectivity index (χ0) is 35.3. The van der Waals surface area contributed by atoms with Gasteiger partial charge in [0.1, 0.15) is 36.0 Å². The molecule has 6 atom stereocenters. The maximum Gasteiger partial charge on any atom is 0.303 e. The monoisotopic (exact) mass is 704 g/mol. The number of rotatable bonds is 7. The Kier molecular flexibility index (Phi) is 11.5. The molecular formula is C30H36N6O10S2. The van der Waals surface area contributed by atoms with Crippen molar-refractivity contribution in [2.75, 3.05) is 18.1 Å². The van der Waals surface area contributed by atoms with E-state index < -0.39 is 83.5 Å². The van der Waals surface area contributed by atoms with Gasteiger partial charge in [-0.2, -0.15) is 0 Å². The van der Waals surface area contributed by atoms with Gasteiger partial charge in [-0.25, -0.2) is 0 Å². The molecule has 18 heteroatoms. The van der Waals surface area contributed by atoms with Crippen molar-refractivity contribution in [3.05, 3.63) is 39.6 Å². The number of primary amides is 1. The number of carbonyl (C=O) groups excluding carboxylic acids is 6. The highest BCUT2D eigenvalue weighted by Crippen LogP contribution is 2.50. The van der Waals surface area contributed by atoms with E-state index in [1.807, 2.05) is 0 Å². The summed E-state index contributed by atoms with van der Waals surface area (Å²) < 4.78 is 0. The Bertz CT molecular complexity index is 1580. The normalized spacial score (nSPS) is 28.7. The number of hydrogen-bond acceptors (Lipinski definition) is 12. The SMILES string of the molecule is C[C@@H]1NC(=O)[C@H](Cc2ccc(O)cc2)NC(=O)[C@H](CO)NC(=O)[C@@H]2CSC3=C(SC[C@@H](C(N)=O)NC1=O)C(=O)C(C)(CCC(=O)O)C3=N2. The number of aliphatic hydroxyl groups is 1. The van der Waals surface area contributed by atoms with Crippen molar-refractivity contribution in [1.82, 2.24) is 21.3 Å². The highest BCUT2D eigenvalue weighted by Gasteiger charge is 2.51. The summed E-state index contributed by atoms with van der Waals surface area (Å²) in [5.74, 6) is -6.00. The number of aliphatic hydroxyl groups excluding tert-OH is 1. The molecule has 0 saturated carbocycles. The Morgan fingerprint density at radius 1 is 0.917 bits per heavy atom. The number of phenolic OH excluding ortho intramolecular Hbond substituents is 1. The predicted octanol–water partition coefficient (Wildman–Crippen LogP) is -1.66. The molecule has 5 rings (SSSR count). The number of amides is 5. The molecule has 48 heavy (non-hydrogen) atoms. The number of aromatic hydroxyl groups is 1. The molecule has 0 saturated heterocycles. The number of allylic oxidation sites excluding steroid dienone is 2. The second kappa shape index (κ2) is 15.2. The number of ketones is 1. The Labute approximate surface area is 283 Å². The molecule has 1 unspecified atom stereocenters. The molecule has 0 spiro atoms. The number of nitrogens with one attached hydrogen (secondary N) is 4. The Hall–Kier alpha value is -4.42. The number of carboxylic acids is 1. The number of carboxylic acid groups (broad SMARTS) is 1. The van der Waals surface area contributed by atoms with Gasteiger partial charge in [0.15, 0.2) is 5.78 Å². The zero-order valence-electron chi connectivity index (χ0n) is 26.0. The number of benzene rings is 1. The summed E-state index contributed by atoms with van der Waals surface area (Å²) in [6.45, 7) is 2.01. The molecule has 0 fully saturated rings. The van der Waals surface area contributed by atoms with Crippen LogP contribution in [0.2, 0.25) is 0 Å². The molecule has 0 radical (unpaired) electrons. The van der Waals surface area contributed by atoms with Crippen molar-refractivity contribution in [3.8, 4) is 5.75 Å². The van der Waals surface area contributed by atoms with Crippen LogP contribution in [0.15, 0.2) is 39.1 Å². The van der Waals surface area contributed by atoms with E-state index in [0.717, 1.165) is 23.5 Å². The van der Waals surface area contributed by atoms with Crippen molar-refractivity contribution in [1.29, 1.82) is 0 Å². The molecule has 1 aromatic carbocycles. The summed E-state index contributed by atoms with van der Waals surface area (Å²) in [6.07, 6.45) is -0.624. The lowest BCUT2D eigenvalue weighted by atomic mass is 9.80. The van der Waals surface area contributed by atoms with Crippen molar-refractivity contribution in [2.24, 2.45) is 16.1 Å². The summed E-state index contributed by atoms with van der Waals surface area (Å²) in [4.78, 5) is 96.0. The Balaban J connectivity index is 1.73. The Morgan fingerprint density at radius 3 is 2.17 bits per heavy atom. The van der Waals surface area contributed by atoms with Gasteiger partial charge in [-0.15, -0.1) is 23.5 Å². The standard InChI is InChI=1S/C30H36N6O10S2/c1-13-26(43)36-18(25(31)42)11-48-22-21-23(30(2,24(22)41)8-7-20(39)40)33-19(12-47-21)29(46)35-17(10-37)28(45)34-16(27(44)32-13)9-14-3-5-15(38)6-4-14/h3-6,13,16-19,37-38H,7-12H2,1-2H3,(H2,31,42)(H,32,44)(H,34,45)(H,35,46)(H,36,43)(H,39,40)/t13-,16-,17-,18-,19-,30?/m0/s1.